The zero-order valence-corrected chi connectivity index (χ0v) is 20.1. The van der Waals surface area contributed by atoms with Crippen LogP contribution in [-0.2, 0) is 0 Å². The standard InChI is InChI=1S/C28H34N4O2/c1-3-4-5-6-15-32-16-13-22(14-17-32)26-19-29-27-12-11-24(18-25(26)27)31-28(34)30-23-9-7-21(8-10-23)20(2)33/h7-13,16,18-19,22,29H,3-6,14-15,17H2,1-2H3,(H2,30,31,34). The highest BCUT2D eigenvalue weighted by Gasteiger charge is 2.18. The number of aromatic amines is 1. The van der Waals surface area contributed by atoms with E-state index < -0.39 is 0 Å². The Morgan fingerprint density at radius 1 is 1.03 bits per heavy atom. The molecule has 0 radical (unpaired) electrons. The SMILES string of the molecule is CCCCCCN1C=CC(c2c[nH]c3ccc(NC(=O)Nc4ccc(C(C)=O)cc4)cc23)CC1. The molecule has 1 atom stereocenters. The molecule has 2 amide bonds. The molecule has 0 bridgehead atoms. The van der Waals surface area contributed by atoms with Crippen LogP contribution in [0.4, 0.5) is 16.2 Å². The molecule has 1 aromatic heterocycles. The van der Waals surface area contributed by atoms with Gasteiger partial charge >= 0.3 is 6.03 Å². The van der Waals surface area contributed by atoms with Crippen LogP contribution in [-0.4, -0.2) is 34.8 Å². The van der Waals surface area contributed by atoms with Gasteiger partial charge in [-0.1, -0.05) is 32.3 Å². The fraction of sp³-hybridized carbons (Fsp3) is 0.357. The second-order valence-electron chi connectivity index (χ2n) is 9.05. The molecular weight excluding hydrogens is 424 g/mol. The highest BCUT2D eigenvalue weighted by molar-refractivity contribution is 6.02. The molecule has 34 heavy (non-hydrogen) atoms. The van der Waals surface area contributed by atoms with Crippen molar-refractivity contribution in [3.05, 3.63) is 72.1 Å². The largest absolute Gasteiger partial charge is 0.378 e. The van der Waals surface area contributed by atoms with Crippen LogP contribution in [0.25, 0.3) is 10.9 Å². The molecule has 1 aliphatic heterocycles. The molecule has 6 nitrogen and oxygen atoms in total. The Hall–Kier alpha value is -3.54. The average molecular weight is 459 g/mol. The number of aromatic nitrogens is 1. The molecule has 0 aliphatic carbocycles. The first kappa shape index (κ1) is 23.6. The van der Waals surface area contributed by atoms with Crippen molar-refractivity contribution >= 4 is 34.1 Å². The zero-order chi connectivity index (χ0) is 23.9. The lowest BCUT2D eigenvalue weighted by atomic mass is 9.93. The average Bonchev–Trinajstić information content (AvgIpc) is 3.26. The monoisotopic (exact) mass is 458 g/mol. The number of urea groups is 1. The molecular formula is C28H34N4O2. The van der Waals surface area contributed by atoms with Crippen molar-refractivity contribution < 1.29 is 9.59 Å². The van der Waals surface area contributed by atoms with Crippen molar-refractivity contribution in [2.24, 2.45) is 0 Å². The maximum atomic E-state index is 12.5. The fourth-order valence-electron chi connectivity index (χ4n) is 4.50. The zero-order valence-electron chi connectivity index (χ0n) is 20.1. The highest BCUT2D eigenvalue weighted by atomic mass is 16.2. The van der Waals surface area contributed by atoms with Gasteiger partial charge in [-0.05, 0) is 74.0 Å². The minimum atomic E-state index is -0.316. The number of fused-ring (bicyclic) bond motifs is 1. The molecule has 0 spiro atoms. The number of unbranched alkanes of at least 4 members (excludes halogenated alkanes) is 3. The van der Waals surface area contributed by atoms with Crippen LogP contribution >= 0.6 is 0 Å². The van der Waals surface area contributed by atoms with Crippen LogP contribution in [0.3, 0.4) is 0 Å². The van der Waals surface area contributed by atoms with Crippen molar-refractivity contribution in [2.45, 2.75) is 51.9 Å². The van der Waals surface area contributed by atoms with Gasteiger partial charge in [-0.25, -0.2) is 4.79 Å². The highest BCUT2D eigenvalue weighted by Crippen LogP contribution is 2.33. The number of H-pyrrole nitrogens is 1. The van der Waals surface area contributed by atoms with Crippen molar-refractivity contribution in [1.82, 2.24) is 9.88 Å². The van der Waals surface area contributed by atoms with Crippen molar-refractivity contribution in [2.75, 3.05) is 23.7 Å². The van der Waals surface area contributed by atoms with Crippen LogP contribution in [0.2, 0.25) is 0 Å². The van der Waals surface area contributed by atoms with E-state index in [1.807, 2.05) is 18.2 Å². The summed E-state index contributed by atoms with van der Waals surface area (Å²) in [6.45, 7) is 5.98. The summed E-state index contributed by atoms with van der Waals surface area (Å²) in [5.74, 6) is 0.364. The quantitative estimate of drug-likeness (QED) is 0.241. The van der Waals surface area contributed by atoms with Crippen LogP contribution in [0.5, 0.6) is 0 Å². The van der Waals surface area contributed by atoms with Gasteiger partial charge in [0.15, 0.2) is 5.78 Å². The number of Topliss-reactive ketones (excluding diaryl/α,β-unsaturated/α-hetero) is 1. The number of rotatable bonds is 9. The van der Waals surface area contributed by atoms with Crippen molar-refractivity contribution in [1.29, 1.82) is 0 Å². The van der Waals surface area contributed by atoms with Gasteiger partial charge in [-0.2, -0.15) is 0 Å². The molecule has 1 unspecified atom stereocenters. The number of amides is 2. The Kier molecular flexibility index (Phi) is 7.68. The third-order valence-electron chi connectivity index (χ3n) is 6.48. The number of benzene rings is 2. The third-order valence-corrected chi connectivity index (χ3v) is 6.48. The van der Waals surface area contributed by atoms with Gasteiger partial charge in [0.1, 0.15) is 0 Å². The molecule has 4 rings (SSSR count). The molecule has 0 fully saturated rings. The lowest BCUT2D eigenvalue weighted by Gasteiger charge is -2.28. The summed E-state index contributed by atoms with van der Waals surface area (Å²) in [5, 5.41) is 6.88. The lowest BCUT2D eigenvalue weighted by molar-refractivity contribution is 0.101. The molecule has 2 heterocycles. The molecule has 2 aromatic carbocycles. The van der Waals surface area contributed by atoms with Gasteiger partial charge < -0.3 is 20.5 Å². The van der Waals surface area contributed by atoms with E-state index in [-0.39, 0.29) is 11.8 Å². The molecule has 6 heteroatoms. The Labute approximate surface area is 201 Å². The van der Waals surface area contributed by atoms with E-state index in [1.165, 1.54) is 38.2 Å². The molecule has 0 saturated carbocycles. The maximum absolute atomic E-state index is 12.5. The molecule has 3 N–H and O–H groups in total. The van der Waals surface area contributed by atoms with E-state index in [9.17, 15) is 9.59 Å². The van der Waals surface area contributed by atoms with E-state index in [1.54, 1.807) is 24.3 Å². The number of anilines is 2. The van der Waals surface area contributed by atoms with Crippen molar-refractivity contribution in [3.63, 3.8) is 0 Å². The van der Waals surface area contributed by atoms with Crippen LogP contribution < -0.4 is 10.6 Å². The smallest absolute Gasteiger partial charge is 0.323 e. The number of nitrogens with zero attached hydrogens (tertiary/aromatic N) is 1. The second kappa shape index (κ2) is 11.1. The predicted molar refractivity (Wildman–Crippen MR) is 140 cm³/mol. The summed E-state index contributed by atoms with van der Waals surface area (Å²) in [4.78, 5) is 29.7. The lowest BCUT2D eigenvalue weighted by Crippen LogP contribution is -2.25. The molecule has 0 saturated heterocycles. The summed E-state index contributed by atoms with van der Waals surface area (Å²) in [6.07, 6.45) is 12.9. The van der Waals surface area contributed by atoms with Gasteiger partial charge in [0, 0.05) is 53.0 Å². The maximum Gasteiger partial charge on any atom is 0.323 e. The molecule has 1 aliphatic rings. The number of ketones is 1. The summed E-state index contributed by atoms with van der Waals surface area (Å²) in [5.41, 5.74) is 4.32. The third kappa shape index (κ3) is 5.87. The summed E-state index contributed by atoms with van der Waals surface area (Å²) >= 11 is 0. The first-order chi connectivity index (χ1) is 16.5. The van der Waals surface area contributed by atoms with E-state index in [4.69, 9.17) is 0 Å². The number of carbonyl (C=O) groups is 2. The Morgan fingerprint density at radius 2 is 1.79 bits per heavy atom. The second-order valence-corrected chi connectivity index (χ2v) is 9.05. The normalized spacial score (nSPS) is 15.5. The predicted octanol–water partition coefficient (Wildman–Crippen LogP) is 6.90. The number of carbonyl (C=O) groups excluding carboxylic acids is 2. The molecule has 178 valence electrons. The summed E-state index contributed by atoms with van der Waals surface area (Å²) < 4.78 is 0. The van der Waals surface area contributed by atoms with Gasteiger partial charge in [0.25, 0.3) is 0 Å². The minimum absolute atomic E-state index is 0.000830. The van der Waals surface area contributed by atoms with Gasteiger partial charge in [0.05, 0.1) is 0 Å². The number of hydrogen-bond donors (Lipinski definition) is 3. The number of nitrogens with one attached hydrogen (secondary N) is 3. The summed E-state index contributed by atoms with van der Waals surface area (Å²) in [6, 6.07) is 12.5. The first-order valence-electron chi connectivity index (χ1n) is 12.3. The Morgan fingerprint density at radius 3 is 2.50 bits per heavy atom. The van der Waals surface area contributed by atoms with Gasteiger partial charge in [0.2, 0.25) is 0 Å². The van der Waals surface area contributed by atoms with Crippen LogP contribution in [0.1, 0.15) is 67.8 Å². The minimum Gasteiger partial charge on any atom is -0.378 e. The van der Waals surface area contributed by atoms with E-state index in [0.29, 0.717) is 17.2 Å². The number of hydrogen-bond acceptors (Lipinski definition) is 3. The Bertz CT molecular complexity index is 1160. The number of allylic oxidation sites excluding steroid dienone is 1. The first-order valence-corrected chi connectivity index (χ1v) is 12.3. The molecule has 3 aromatic rings. The Balaban J connectivity index is 1.39. The van der Waals surface area contributed by atoms with Gasteiger partial charge in [-0.15, -0.1) is 0 Å². The fourth-order valence-corrected chi connectivity index (χ4v) is 4.50. The van der Waals surface area contributed by atoms with Gasteiger partial charge in [-0.3, -0.25) is 4.79 Å². The topological polar surface area (TPSA) is 77.2 Å². The van der Waals surface area contributed by atoms with Crippen LogP contribution in [0, 0.1) is 0 Å². The van der Waals surface area contributed by atoms with Crippen molar-refractivity contribution in [3.8, 4) is 0 Å². The van der Waals surface area contributed by atoms with E-state index in [0.717, 1.165) is 36.1 Å². The van der Waals surface area contributed by atoms with E-state index in [2.05, 4.69) is 45.9 Å². The van der Waals surface area contributed by atoms with Crippen LogP contribution in [0.15, 0.2) is 60.9 Å². The summed E-state index contributed by atoms with van der Waals surface area (Å²) in [7, 11) is 0. The van der Waals surface area contributed by atoms with E-state index >= 15 is 0 Å².